The fraction of sp³-hybridized carbons (Fsp3) is 0.269. The minimum absolute atomic E-state index is 0.0569. The first kappa shape index (κ1) is 25.0. The fourth-order valence-corrected chi connectivity index (χ4v) is 4.72. The number of rotatable bonds is 5. The summed E-state index contributed by atoms with van der Waals surface area (Å²) >= 11 is 6.45. The molecule has 0 bridgehead atoms. The van der Waals surface area contributed by atoms with Crippen LogP contribution in [0.4, 0.5) is 13.2 Å². The number of benzene rings is 2. The summed E-state index contributed by atoms with van der Waals surface area (Å²) in [5, 5.41) is 3.78. The van der Waals surface area contributed by atoms with E-state index in [0.717, 1.165) is 12.6 Å². The number of methoxy groups -OCH3 is 1. The van der Waals surface area contributed by atoms with Gasteiger partial charge in [0.15, 0.2) is 17.0 Å². The third kappa shape index (κ3) is 5.12. The van der Waals surface area contributed by atoms with E-state index >= 15 is 0 Å². The number of quaternary nitrogens is 1. The molecular formula is C26H24ClF3N5O2+. The smallest absolute Gasteiger partial charge is 0.433 e. The number of alkyl halides is 3. The first-order valence-corrected chi connectivity index (χ1v) is 12.1. The zero-order chi connectivity index (χ0) is 26.2. The predicted octanol–water partition coefficient (Wildman–Crippen LogP) is 3.62. The maximum Gasteiger partial charge on any atom is 0.433 e. The van der Waals surface area contributed by atoms with Crippen LogP contribution >= 0.6 is 11.6 Å². The summed E-state index contributed by atoms with van der Waals surface area (Å²) in [6.07, 6.45) is -4.75. The van der Waals surface area contributed by atoms with Crippen molar-refractivity contribution in [2.45, 2.75) is 12.7 Å². The molecule has 0 atom stereocenters. The monoisotopic (exact) mass is 530 g/mol. The number of hydrogen-bond donors (Lipinski definition) is 1. The zero-order valence-corrected chi connectivity index (χ0v) is 20.7. The van der Waals surface area contributed by atoms with Crippen LogP contribution in [0.1, 0.15) is 21.7 Å². The summed E-state index contributed by atoms with van der Waals surface area (Å²) in [4.78, 5) is 20.5. The number of amides is 1. The molecule has 0 saturated carbocycles. The highest BCUT2D eigenvalue weighted by molar-refractivity contribution is 6.36. The van der Waals surface area contributed by atoms with Gasteiger partial charge in [0.05, 0.1) is 39.0 Å². The maximum absolute atomic E-state index is 14.0. The Balaban J connectivity index is 1.43. The van der Waals surface area contributed by atoms with Crippen LogP contribution in [0.5, 0.6) is 5.75 Å². The Morgan fingerprint density at radius 2 is 1.76 bits per heavy atom. The lowest BCUT2D eigenvalue weighted by atomic mass is 10.1. The lowest BCUT2D eigenvalue weighted by Crippen LogP contribution is -3.13. The van der Waals surface area contributed by atoms with Crippen LogP contribution < -0.4 is 9.64 Å². The van der Waals surface area contributed by atoms with Crippen molar-refractivity contribution in [2.75, 3.05) is 33.3 Å². The van der Waals surface area contributed by atoms with Crippen molar-refractivity contribution >= 4 is 23.2 Å². The molecule has 0 aliphatic carbocycles. The largest absolute Gasteiger partial charge is 0.497 e. The van der Waals surface area contributed by atoms with Crippen molar-refractivity contribution in [1.29, 1.82) is 0 Å². The van der Waals surface area contributed by atoms with Gasteiger partial charge in [0.2, 0.25) is 0 Å². The highest BCUT2D eigenvalue weighted by Crippen LogP contribution is 2.35. The average Bonchev–Trinajstić information content (AvgIpc) is 3.24. The van der Waals surface area contributed by atoms with Crippen LogP contribution in [0.2, 0.25) is 5.02 Å². The summed E-state index contributed by atoms with van der Waals surface area (Å²) in [6, 6.07) is 17.4. The van der Waals surface area contributed by atoms with E-state index in [0.29, 0.717) is 42.0 Å². The SMILES string of the molecule is COc1ccc(-c2cc(C(F)(F)F)n3nc(C(=O)N4CC[NH+](Cc5ccccc5)CC4)c(Cl)c3n2)cc1. The molecule has 4 aromatic rings. The van der Waals surface area contributed by atoms with E-state index < -0.39 is 17.8 Å². The number of aromatic nitrogens is 3. The molecule has 3 heterocycles. The number of ether oxygens (including phenoxy) is 1. The van der Waals surface area contributed by atoms with Crippen LogP contribution in [0.25, 0.3) is 16.9 Å². The number of fused-ring (bicyclic) bond motifs is 1. The molecule has 192 valence electrons. The van der Waals surface area contributed by atoms with Crippen molar-refractivity contribution in [3.05, 3.63) is 82.6 Å². The van der Waals surface area contributed by atoms with E-state index in [1.54, 1.807) is 29.2 Å². The highest BCUT2D eigenvalue weighted by Gasteiger charge is 2.37. The van der Waals surface area contributed by atoms with Gasteiger partial charge in [0.1, 0.15) is 17.3 Å². The van der Waals surface area contributed by atoms with Crippen LogP contribution in [-0.2, 0) is 12.7 Å². The second kappa shape index (κ2) is 10.0. The zero-order valence-electron chi connectivity index (χ0n) is 19.9. The Labute approximate surface area is 216 Å². The summed E-state index contributed by atoms with van der Waals surface area (Å²) in [6.45, 7) is 3.15. The Morgan fingerprint density at radius 3 is 2.38 bits per heavy atom. The van der Waals surface area contributed by atoms with Crippen LogP contribution in [-0.4, -0.2) is 58.7 Å². The van der Waals surface area contributed by atoms with Crippen LogP contribution in [0.3, 0.4) is 0 Å². The van der Waals surface area contributed by atoms with Gasteiger partial charge in [0, 0.05) is 11.1 Å². The quantitative estimate of drug-likeness (QED) is 0.428. The van der Waals surface area contributed by atoms with Gasteiger partial charge in [0.25, 0.3) is 5.91 Å². The van der Waals surface area contributed by atoms with Gasteiger partial charge in [-0.05, 0) is 30.3 Å². The topological polar surface area (TPSA) is 64.2 Å². The van der Waals surface area contributed by atoms with Crippen molar-refractivity contribution in [3.63, 3.8) is 0 Å². The third-order valence-corrected chi connectivity index (χ3v) is 6.81. The van der Waals surface area contributed by atoms with E-state index in [4.69, 9.17) is 16.3 Å². The molecule has 0 unspecified atom stereocenters. The summed E-state index contributed by atoms with van der Waals surface area (Å²) in [5.41, 5.74) is 0.176. The minimum atomic E-state index is -4.75. The molecule has 1 aliphatic rings. The number of nitrogens with one attached hydrogen (secondary N) is 1. The Kier molecular flexibility index (Phi) is 6.78. The first-order valence-electron chi connectivity index (χ1n) is 11.7. The molecule has 1 saturated heterocycles. The Bertz CT molecular complexity index is 1420. The number of carbonyl (C=O) groups excluding carboxylic acids is 1. The van der Waals surface area contributed by atoms with Gasteiger partial charge in [-0.15, -0.1) is 0 Å². The number of piperazine rings is 1. The van der Waals surface area contributed by atoms with Crippen LogP contribution in [0.15, 0.2) is 60.7 Å². The van der Waals surface area contributed by atoms with E-state index in [1.165, 1.54) is 17.6 Å². The standard InChI is InChI=1S/C26H23ClF3N5O2/c1-37-19-9-7-18(8-10-19)20-15-21(26(28,29)30)35-24(31-20)22(27)23(32-35)25(36)34-13-11-33(12-14-34)16-17-5-3-2-4-6-17/h2-10,15H,11-14,16H2,1H3/p+1. The molecule has 1 aliphatic heterocycles. The normalized spacial score (nSPS) is 14.8. The van der Waals surface area contributed by atoms with E-state index in [1.807, 2.05) is 18.2 Å². The molecule has 2 aromatic carbocycles. The lowest BCUT2D eigenvalue weighted by Gasteiger charge is -2.31. The maximum atomic E-state index is 14.0. The Morgan fingerprint density at radius 1 is 1.08 bits per heavy atom. The van der Waals surface area contributed by atoms with Gasteiger partial charge >= 0.3 is 6.18 Å². The molecule has 1 amide bonds. The number of hydrogen-bond acceptors (Lipinski definition) is 4. The summed E-state index contributed by atoms with van der Waals surface area (Å²) in [5.74, 6) is 0.0511. The second-order valence-electron chi connectivity index (χ2n) is 8.86. The Hall–Kier alpha value is -3.63. The van der Waals surface area contributed by atoms with Crippen molar-refractivity contribution in [3.8, 4) is 17.0 Å². The van der Waals surface area contributed by atoms with Crippen molar-refractivity contribution < 1.29 is 27.6 Å². The first-order chi connectivity index (χ1) is 17.7. The molecule has 5 rings (SSSR count). The van der Waals surface area contributed by atoms with E-state index in [-0.39, 0.29) is 22.1 Å². The molecule has 1 N–H and O–H groups in total. The fourth-order valence-electron chi connectivity index (χ4n) is 4.48. The highest BCUT2D eigenvalue weighted by atomic mass is 35.5. The second-order valence-corrected chi connectivity index (χ2v) is 9.23. The molecular weight excluding hydrogens is 507 g/mol. The van der Waals surface area contributed by atoms with Gasteiger partial charge in [-0.2, -0.15) is 18.3 Å². The number of halogens is 4. The average molecular weight is 531 g/mol. The molecule has 7 nitrogen and oxygen atoms in total. The van der Waals surface area contributed by atoms with Crippen molar-refractivity contribution in [1.82, 2.24) is 19.5 Å². The van der Waals surface area contributed by atoms with Gasteiger partial charge in [-0.1, -0.05) is 41.9 Å². The molecule has 11 heteroatoms. The predicted molar refractivity (Wildman–Crippen MR) is 132 cm³/mol. The molecule has 37 heavy (non-hydrogen) atoms. The van der Waals surface area contributed by atoms with E-state index in [2.05, 4.69) is 22.2 Å². The molecule has 2 aromatic heterocycles. The number of nitrogens with zero attached hydrogens (tertiary/aromatic N) is 4. The van der Waals surface area contributed by atoms with Gasteiger partial charge < -0.3 is 14.5 Å². The van der Waals surface area contributed by atoms with Crippen molar-refractivity contribution in [2.24, 2.45) is 0 Å². The molecule has 0 radical (unpaired) electrons. The molecule has 1 fully saturated rings. The van der Waals surface area contributed by atoms with E-state index in [9.17, 15) is 18.0 Å². The lowest BCUT2D eigenvalue weighted by molar-refractivity contribution is -0.917. The van der Waals surface area contributed by atoms with Gasteiger partial charge in [-0.25, -0.2) is 9.50 Å². The third-order valence-electron chi connectivity index (χ3n) is 6.47. The summed E-state index contributed by atoms with van der Waals surface area (Å²) < 4.78 is 47.7. The van der Waals surface area contributed by atoms with Gasteiger partial charge in [-0.3, -0.25) is 4.79 Å². The summed E-state index contributed by atoms with van der Waals surface area (Å²) in [7, 11) is 1.50. The minimum Gasteiger partial charge on any atom is -0.497 e. The molecule has 0 spiro atoms. The number of carbonyl (C=O) groups is 1. The van der Waals surface area contributed by atoms with Crippen LogP contribution in [0, 0.1) is 0 Å².